The van der Waals surface area contributed by atoms with E-state index in [0.717, 1.165) is 0 Å². The highest BCUT2D eigenvalue weighted by molar-refractivity contribution is 7.15. The number of nitrogens with zero attached hydrogens (tertiary/aromatic N) is 1. The van der Waals surface area contributed by atoms with Gasteiger partial charge in [-0.1, -0.05) is 0 Å². The molecule has 2 N–H and O–H groups in total. The van der Waals surface area contributed by atoms with Gasteiger partial charge in [-0.15, -0.1) is 10.1 Å². The molecule has 2 nitrogen and oxygen atoms in total. The summed E-state index contributed by atoms with van der Waals surface area (Å²) < 4.78 is 1.22. The van der Waals surface area contributed by atoms with E-state index in [4.69, 9.17) is 5.84 Å². The molecule has 0 saturated carbocycles. The average Bonchev–Trinajstić information content (AvgIpc) is 0.811. The van der Waals surface area contributed by atoms with Crippen LogP contribution < -0.4 is 10.5 Å². The number of hydrazine groups is 1. The molecule has 32 valence electrons. The summed E-state index contributed by atoms with van der Waals surface area (Å²) in [4.78, 5) is 0. The molecule has 0 aromatic rings. The zero-order chi connectivity index (χ0) is 3.58. The Hall–Kier alpha value is 0.420. The molecular formula is H5FN2P2. The van der Waals surface area contributed by atoms with E-state index in [2.05, 4.69) is 18.4 Å². The van der Waals surface area contributed by atoms with Crippen LogP contribution in [0.5, 0.6) is 0 Å². The summed E-state index contributed by atoms with van der Waals surface area (Å²) in [5.41, 5.74) is 0. The van der Waals surface area contributed by atoms with Gasteiger partial charge in [0, 0.05) is 0 Å². The monoisotopic (exact) mass is 114 g/mol. The molecule has 5 heavy (non-hydrogen) atoms. The predicted molar refractivity (Wildman–Crippen MR) is 22.5 cm³/mol. The first-order chi connectivity index (χ1) is 1.73. The van der Waals surface area contributed by atoms with Crippen molar-refractivity contribution in [1.82, 2.24) is 0 Å². The van der Waals surface area contributed by atoms with Gasteiger partial charge >= 0.3 is 0 Å². The van der Waals surface area contributed by atoms with Gasteiger partial charge in [0.15, 0.2) is 9.39 Å². The summed E-state index contributed by atoms with van der Waals surface area (Å²) in [7, 11) is 5.07. The van der Waals surface area contributed by atoms with Gasteiger partial charge in [0.1, 0.15) is 0 Å². The van der Waals surface area contributed by atoms with Crippen molar-refractivity contribution in [2.45, 2.75) is 0 Å². The van der Waals surface area contributed by atoms with Crippen LogP contribution in [0.3, 0.4) is 0 Å². The van der Waals surface area contributed by atoms with E-state index in [1.807, 2.05) is 0 Å². The zero-order valence-electron chi connectivity index (χ0n) is 2.48. The molecule has 0 radical (unpaired) electrons. The van der Waals surface area contributed by atoms with Crippen molar-refractivity contribution in [3.63, 3.8) is 0 Å². The van der Waals surface area contributed by atoms with Gasteiger partial charge in [-0.3, -0.25) is 0 Å². The Morgan fingerprint density at radius 1 is 1.80 bits per heavy atom. The summed E-state index contributed by atoms with van der Waals surface area (Å²) in [6.07, 6.45) is 0. The van der Waals surface area contributed by atoms with E-state index in [0.29, 0.717) is 0 Å². The Kier molecular flexibility index (Phi) is 8.00. The summed E-state index contributed by atoms with van der Waals surface area (Å²) in [6, 6.07) is 0. The average molecular weight is 114 g/mol. The lowest BCUT2D eigenvalue weighted by atomic mass is 13.0. The van der Waals surface area contributed by atoms with Crippen molar-refractivity contribution in [2.75, 3.05) is 0 Å². The molecule has 0 aliphatic heterocycles. The van der Waals surface area contributed by atoms with Gasteiger partial charge in [0.25, 0.3) is 0 Å². The van der Waals surface area contributed by atoms with Gasteiger partial charge in [0.2, 0.25) is 9.03 Å². The van der Waals surface area contributed by atoms with E-state index >= 15 is 0 Å². The molecule has 0 aliphatic carbocycles. The number of hydrogen-bond acceptors (Lipinski definition) is 0. The summed E-state index contributed by atoms with van der Waals surface area (Å²) in [5, 5.41) is 0. The fraction of sp³-hybridized carbons (Fsp3) is 0. The normalized spacial score (nSPS) is 5.20. The molecule has 0 amide bonds. The molecule has 1 unspecified atom stereocenters. The highest BCUT2D eigenvalue weighted by Gasteiger charge is 1.57. The third kappa shape index (κ3) is 147. The largest absolute Gasteiger partial charge is 1.00 e. The summed E-state index contributed by atoms with van der Waals surface area (Å²) >= 11 is 0. The third-order valence-corrected chi connectivity index (χ3v) is 0. The molecule has 0 bridgehead atoms. The standard InChI is InChI=1S/FH.H5N2P2/c;1-2(3)4/h1H;3H,1,4H2/q;+1/p-1. The maximum atomic E-state index is 4.82. The minimum atomic E-state index is 0. The van der Waals surface area contributed by atoms with Gasteiger partial charge < -0.3 is 4.70 Å². The van der Waals surface area contributed by atoms with Crippen LogP contribution in [0.1, 0.15) is 0 Å². The van der Waals surface area contributed by atoms with Crippen LogP contribution in [0.4, 0.5) is 0 Å². The molecule has 0 fully saturated rings. The van der Waals surface area contributed by atoms with E-state index in [1.165, 1.54) is 4.21 Å². The molecule has 1 atom stereocenters. The third-order valence-electron chi connectivity index (χ3n) is 0. The van der Waals surface area contributed by atoms with Crippen LogP contribution in [0, 0.1) is 0 Å². The molecular weight excluding hydrogens is 109 g/mol. The van der Waals surface area contributed by atoms with E-state index in [1.54, 1.807) is 0 Å². The van der Waals surface area contributed by atoms with E-state index in [-0.39, 0.29) is 4.70 Å². The van der Waals surface area contributed by atoms with E-state index in [9.17, 15) is 0 Å². The van der Waals surface area contributed by atoms with Crippen molar-refractivity contribution >= 4 is 18.4 Å². The lowest BCUT2D eigenvalue weighted by Crippen LogP contribution is -3.00. The number of halogens is 1. The van der Waals surface area contributed by atoms with Crippen molar-refractivity contribution in [1.29, 1.82) is 0 Å². The molecule has 0 aromatic carbocycles. The van der Waals surface area contributed by atoms with Crippen molar-refractivity contribution in [3.05, 3.63) is 0 Å². The molecule has 0 aliphatic rings. The Balaban J connectivity index is 0. The van der Waals surface area contributed by atoms with Crippen LogP contribution in [0.15, 0.2) is 0 Å². The first-order valence-corrected chi connectivity index (χ1v) is 1.70. The smallest absolute Gasteiger partial charge is 0.216 e. The van der Waals surface area contributed by atoms with Crippen molar-refractivity contribution in [3.8, 4) is 0 Å². The summed E-state index contributed by atoms with van der Waals surface area (Å²) in [6.45, 7) is 0. The highest BCUT2D eigenvalue weighted by atomic mass is 31.1. The minimum absolute atomic E-state index is 0. The van der Waals surface area contributed by atoms with Gasteiger partial charge in [-0.05, 0) is 0 Å². The lowest BCUT2D eigenvalue weighted by Gasteiger charge is -1.61. The minimum Gasteiger partial charge on any atom is -1.00 e. The SMILES string of the molecule is N[N+](=P)P.[F-]. The predicted octanol–water partition coefficient (Wildman–Crippen LogP) is -3.01. The van der Waals surface area contributed by atoms with Crippen molar-refractivity contribution < 1.29 is 8.91 Å². The van der Waals surface area contributed by atoms with Crippen molar-refractivity contribution in [2.24, 2.45) is 5.84 Å². The Morgan fingerprint density at radius 3 is 1.80 bits per heavy atom. The molecule has 0 spiro atoms. The van der Waals surface area contributed by atoms with Crippen LogP contribution in [-0.4, -0.2) is 4.21 Å². The fourth-order valence-electron chi connectivity index (χ4n) is 0. The first-order valence-electron chi connectivity index (χ1n) is 0.740. The van der Waals surface area contributed by atoms with Crippen LogP contribution in [-0.2, 0) is 0 Å². The number of rotatable bonds is 0. The number of nitrogens with two attached hydrogens (primary N) is 1. The fourth-order valence-corrected chi connectivity index (χ4v) is 0. The molecule has 0 rings (SSSR count). The van der Waals surface area contributed by atoms with Gasteiger partial charge in [0.05, 0.1) is 0 Å². The van der Waals surface area contributed by atoms with Gasteiger partial charge in [-0.2, -0.15) is 0 Å². The highest BCUT2D eigenvalue weighted by Crippen LogP contribution is 1.74. The zero-order valence-corrected chi connectivity index (χ0v) is 4.63. The summed E-state index contributed by atoms with van der Waals surface area (Å²) in [5.74, 6) is 4.82. The molecule has 0 heterocycles. The second-order valence-electron chi connectivity index (χ2n) is 0.407. The topological polar surface area (TPSA) is 29.0 Å². The molecule has 0 saturated heterocycles. The number of hydrogen-bond donors (Lipinski definition) is 1. The van der Waals surface area contributed by atoms with Crippen LogP contribution in [0.2, 0.25) is 0 Å². The molecule has 5 heteroatoms. The second-order valence-corrected chi connectivity index (χ2v) is 2.00. The quantitative estimate of drug-likeness (QED) is 0.203. The van der Waals surface area contributed by atoms with E-state index < -0.39 is 0 Å². The lowest BCUT2D eigenvalue weighted by molar-refractivity contribution is -0.332. The Labute approximate surface area is 34.2 Å². The Bertz CT molecular complexity index is 30.6. The second kappa shape index (κ2) is 4.42. The van der Waals surface area contributed by atoms with Crippen LogP contribution >= 0.6 is 18.4 Å². The molecule has 0 aromatic heterocycles. The van der Waals surface area contributed by atoms with Crippen LogP contribution in [0.25, 0.3) is 0 Å². The maximum Gasteiger partial charge on any atom is 0.216 e. The first kappa shape index (κ1) is 9.05. The van der Waals surface area contributed by atoms with Gasteiger partial charge in [-0.25, -0.2) is 0 Å². The Morgan fingerprint density at radius 2 is 1.80 bits per heavy atom. The maximum absolute atomic E-state index is 4.82.